The first-order valence-corrected chi connectivity index (χ1v) is 24.0. The average molecular weight is 899 g/mol. The minimum absolute atomic E-state index is 0.570. The van der Waals surface area contributed by atoms with E-state index in [0.717, 1.165) is 72.1 Å². The molecule has 5 nitrogen and oxygen atoms in total. The van der Waals surface area contributed by atoms with Crippen molar-refractivity contribution in [1.82, 2.24) is 19.5 Å². The Morgan fingerprint density at radius 3 is 1.55 bits per heavy atom. The van der Waals surface area contributed by atoms with Gasteiger partial charge in [-0.1, -0.05) is 170 Å². The molecule has 0 aliphatic carbocycles. The smallest absolute Gasteiger partial charge is 0.164 e. The van der Waals surface area contributed by atoms with Gasteiger partial charge in [-0.15, -0.1) is 11.3 Å². The largest absolute Gasteiger partial charge is 0.456 e. The molecular formula is C63H38N4OS. The number of hydrogen-bond acceptors (Lipinski definition) is 5. The molecule has 6 heteroatoms. The summed E-state index contributed by atoms with van der Waals surface area (Å²) in [5, 5.41) is 6.88. The number of nitrogens with zero attached hydrogens (tertiary/aromatic N) is 4. The minimum Gasteiger partial charge on any atom is -0.456 e. The lowest BCUT2D eigenvalue weighted by molar-refractivity contribution is 0.669. The van der Waals surface area contributed by atoms with E-state index < -0.39 is 0 Å². The van der Waals surface area contributed by atoms with Crippen LogP contribution in [0.3, 0.4) is 0 Å². The van der Waals surface area contributed by atoms with E-state index in [9.17, 15) is 0 Å². The van der Waals surface area contributed by atoms with Crippen molar-refractivity contribution < 1.29 is 4.42 Å². The summed E-state index contributed by atoms with van der Waals surface area (Å²) in [6.07, 6.45) is 0. The van der Waals surface area contributed by atoms with Crippen molar-refractivity contribution in [3.8, 4) is 73.2 Å². The highest BCUT2D eigenvalue weighted by atomic mass is 32.1. The Hall–Kier alpha value is -8.97. The Morgan fingerprint density at radius 2 is 0.884 bits per heavy atom. The van der Waals surface area contributed by atoms with Crippen molar-refractivity contribution in [2.45, 2.75) is 0 Å². The molecule has 69 heavy (non-hydrogen) atoms. The second kappa shape index (κ2) is 15.8. The maximum atomic E-state index is 6.75. The van der Waals surface area contributed by atoms with E-state index in [1.165, 1.54) is 47.5 Å². The summed E-state index contributed by atoms with van der Waals surface area (Å²) >= 11 is 1.84. The number of hydrogen-bond donors (Lipinski definition) is 0. The molecule has 14 aromatic rings. The molecule has 4 aromatic heterocycles. The topological polar surface area (TPSA) is 56.7 Å². The molecule has 0 aliphatic heterocycles. The van der Waals surface area contributed by atoms with Crippen molar-refractivity contribution in [3.63, 3.8) is 0 Å². The van der Waals surface area contributed by atoms with E-state index in [-0.39, 0.29) is 0 Å². The van der Waals surface area contributed by atoms with Gasteiger partial charge in [0.2, 0.25) is 0 Å². The number of fused-ring (bicyclic) bond motifs is 9. The number of furan rings is 1. The molecule has 0 aliphatic rings. The van der Waals surface area contributed by atoms with E-state index in [1.54, 1.807) is 0 Å². The third kappa shape index (κ3) is 6.49. The van der Waals surface area contributed by atoms with Gasteiger partial charge in [-0.3, -0.25) is 0 Å². The normalized spacial score (nSPS) is 11.8. The van der Waals surface area contributed by atoms with E-state index >= 15 is 0 Å². The van der Waals surface area contributed by atoms with Gasteiger partial charge in [0.05, 0.1) is 16.7 Å². The molecule has 0 saturated carbocycles. The van der Waals surface area contributed by atoms with Gasteiger partial charge in [0, 0.05) is 64.0 Å². The maximum absolute atomic E-state index is 6.75. The predicted molar refractivity (Wildman–Crippen MR) is 287 cm³/mol. The third-order valence-electron chi connectivity index (χ3n) is 13.5. The molecule has 0 fully saturated rings. The number of thiophene rings is 1. The fraction of sp³-hybridized carbons (Fsp3) is 0. The highest BCUT2D eigenvalue weighted by Gasteiger charge is 2.23. The van der Waals surface area contributed by atoms with Crippen LogP contribution < -0.4 is 0 Å². The highest BCUT2D eigenvalue weighted by Crippen LogP contribution is 2.47. The van der Waals surface area contributed by atoms with Crippen LogP contribution >= 0.6 is 11.3 Å². The zero-order valence-electron chi connectivity index (χ0n) is 37.0. The van der Waals surface area contributed by atoms with Crippen LogP contribution in [0.15, 0.2) is 235 Å². The first kappa shape index (κ1) is 39.2. The van der Waals surface area contributed by atoms with Crippen molar-refractivity contribution in [2.24, 2.45) is 0 Å². The summed E-state index contributed by atoms with van der Waals surface area (Å²) in [6, 6.07) is 81.5. The Kier molecular flexibility index (Phi) is 9.00. The number of benzene rings is 10. The van der Waals surface area contributed by atoms with E-state index in [2.05, 4.69) is 211 Å². The Bertz CT molecular complexity index is 4160. The first-order chi connectivity index (χ1) is 34.2. The quantitative estimate of drug-likeness (QED) is 0.160. The molecule has 322 valence electrons. The van der Waals surface area contributed by atoms with Crippen LogP contribution in [0.2, 0.25) is 0 Å². The molecule has 4 heterocycles. The third-order valence-corrected chi connectivity index (χ3v) is 14.6. The van der Waals surface area contributed by atoms with Crippen molar-refractivity contribution in [3.05, 3.63) is 231 Å². The highest BCUT2D eigenvalue weighted by molar-refractivity contribution is 7.26. The fourth-order valence-corrected chi connectivity index (χ4v) is 11.4. The van der Waals surface area contributed by atoms with Crippen LogP contribution in [0.5, 0.6) is 0 Å². The van der Waals surface area contributed by atoms with Crippen molar-refractivity contribution in [2.75, 3.05) is 0 Å². The zero-order chi connectivity index (χ0) is 45.4. The second-order valence-electron chi connectivity index (χ2n) is 17.5. The lowest BCUT2D eigenvalue weighted by Crippen LogP contribution is -2.01. The lowest BCUT2D eigenvalue weighted by atomic mass is 9.95. The lowest BCUT2D eigenvalue weighted by Gasteiger charge is -2.16. The van der Waals surface area contributed by atoms with Crippen LogP contribution in [-0.2, 0) is 0 Å². The van der Waals surface area contributed by atoms with Crippen molar-refractivity contribution in [1.29, 1.82) is 0 Å². The zero-order valence-corrected chi connectivity index (χ0v) is 37.9. The number of aromatic nitrogens is 4. The van der Waals surface area contributed by atoms with Crippen LogP contribution in [0.25, 0.3) is 137 Å². The molecule has 0 unspecified atom stereocenters. The van der Waals surface area contributed by atoms with Gasteiger partial charge < -0.3 is 8.98 Å². The molecule has 0 saturated heterocycles. The van der Waals surface area contributed by atoms with Gasteiger partial charge in [-0.05, 0) is 88.5 Å². The molecule has 0 atom stereocenters. The summed E-state index contributed by atoms with van der Waals surface area (Å²) in [4.78, 5) is 15.9. The number of rotatable bonds is 7. The average Bonchev–Trinajstić information content (AvgIpc) is 4.11. The minimum atomic E-state index is 0.570. The van der Waals surface area contributed by atoms with E-state index in [4.69, 9.17) is 19.4 Å². The van der Waals surface area contributed by atoms with Gasteiger partial charge in [0.25, 0.3) is 0 Å². The van der Waals surface area contributed by atoms with Crippen LogP contribution in [-0.4, -0.2) is 19.5 Å². The Morgan fingerprint density at radius 1 is 0.333 bits per heavy atom. The summed E-state index contributed by atoms with van der Waals surface area (Å²) in [7, 11) is 0. The van der Waals surface area contributed by atoms with E-state index in [1.807, 2.05) is 35.6 Å². The summed E-state index contributed by atoms with van der Waals surface area (Å²) in [5.74, 6) is 1.76. The SMILES string of the molecule is c1ccc(-c2cccc(-c3nc(-c4cccc(-c5ccccc5)c4)nc(-c4cccc5oc6ccc(-c7c(-n8c9ccccc9c9ccccc98)ccc8sc9ccccc9c78)cc6c45)n3)c2)cc1. The number of para-hydroxylation sites is 2. The Balaban J connectivity index is 1.01. The first-order valence-electron chi connectivity index (χ1n) is 23.2. The molecule has 14 rings (SSSR count). The predicted octanol–water partition coefficient (Wildman–Crippen LogP) is 17.2. The van der Waals surface area contributed by atoms with Crippen LogP contribution in [0.4, 0.5) is 0 Å². The Labute approximate surface area is 400 Å². The molecular weight excluding hydrogens is 861 g/mol. The molecule has 0 N–H and O–H groups in total. The molecule has 0 radical (unpaired) electrons. The molecule has 0 spiro atoms. The summed E-state index contributed by atoms with van der Waals surface area (Å²) < 4.78 is 11.7. The molecule has 0 amide bonds. The second-order valence-corrected chi connectivity index (χ2v) is 18.6. The van der Waals surface area contributed by atoms with Gasteiger partial charge >= 0.3 is 0 Å². The maximum Gasteiger partial charge on any atom is 0.164 e. The standard InChI is InChI=1S/C63H38N4OS/c1-3-16-39(17-4-1)41-20-13-22-44(36-41)61-64-62(45-23-14-21-42(37-45)40-18-5-2-6-19-40)66-63(65-61)49-27-15-30-55-59(49)50-38-43(32-34-54(50)68-55)58-53(33-35-57-60(58)48-26-9-12-31-56(48)69-57)67-51-28-10-7-24-46(51)47-25-8-11-29-52(47)67/h1-38H. The molecule has 10 aromatic carbocycles. The van der Waals surface area contributed by atoms with Crippen LogP contribution in [0.1, 0.15) is 0 Å². The monoisotopic (exact) mass is 898 g/mol. The van der Waals surface area contributed by atoms with Gasteiger partial charge in [0.15, 0.2) is 17.5 Å². The molecule has 0 bridgehead atoms. The van der Waals surface area contributed by atoms with Crippen molar-refractivity contribution >= 4 is 75.3 Å². The van der Waals surface area contributed by atoms with Gasteiger partial charge in [0.1, 0.15) is 11.2 Å². The fourth-order valence-electron chi connectivity index (χ4n) is 10.3. The van der Waals surface area contributed by atoms with Crippen LogP contribution in [0, 0.1) is 0 Å². The van der Waals surface area contributed by atoms with E-state index in [0.29, 0.717) is 17.5 Å². The van der Waals surface area contributed by atoms with Gasteiger partial charge in [-0.25, -0.2) is 15.0 Å². The van der Waals surface area contributed by atoms with Gasteiger partial charge in [-0.2, -0.15) is 0 Å². The summed E-state index contributed by atoms with van der Waals surface area (Å²) in [5.41, 5.74) is 14.4. The summed E-state index contributed by atoms with van der Waals surface area (Å²) in [6.45, 7) is 0.